The third-order valence-corrected chi connectivity index (χ3v) is 1.63. The van der Waals surface area contributed by atoms with Crippen molar-refractivity contribution in [1.82, 2.24) is 4.98 Å². The van der Waals surface area contributed by atoms with Gasteiger partial charge in [0, 0.05) is 12.6 Å². The molecule has 1 heterocycles. The van der Waals surface area contributed by atoms with Crippen LogP contribution in [0.3, 0.4) is 0 Å². The van der Waals surface area contributed by atoms with E-state index in [0.29, 0.717) is 12.0 Å². The van der Waals surface area contributed by atoms with Gasteiger partial charge in [0.15, 0.2) is 0 Å². The Bertz CT molecular complexity index is 248. The fourth-order valence-corrected chi connectivity index (χ4v) is 1.04. The van der Waals surface area contributed by atoms with Crippen LogP contribution in [-0.4, -0.2) is 12.0 Å². The molecule has 1 rings (SSSR count). The standard InChI is InChI=1S/C8H11FN2/c1-3-6-7(9)4-11-5-8(6)10-2/h4-5,10H,3H2,1-2H3. The molecule has 0 fully saturated rings. The topological polar surface area (TPSA) is 24.9 Å². The van der Waals surface area contributed by atoms with E-state index < -0.39 is 0 Å². The molecule has 0 bridgehead atoms. The molecule has 1 N–H and O–H groups in total. The van der Waals surface area contributed by atoms with Crippen LogP contribution in [0, 0.1) is 5.82 Å². The maximum atomic E-state index is 12.9. The minimum absolute atomic E-state index is 0.237. The van der Waals surface area contributed by atoms with Gasteiger partial charge in [0.05, 0.1) is 18.1 Å². The van der Waals surface area contributed by atoms with Gasteiger partial charge in [-0.05, 0) is 6.42 Å². The number of anilines is 1. The first-order valence-electron chi connectivity index (χ1n) is 3.59. The molecule has 1 aromatic rings. The van der Waals surface area contributed by atoms with Gasteiger partial charge in [0.1, 0.15) is 5.82 Å². The number of hydrogen-bond donors (Lipinski definition) is 1. The van der Waals surface area contributed by atoms with Gasteiger partial charge >= 0.3 is 0 Å². The molecule has 2 nitrogen and oxygen atoms in total. The van der Waals surface area contributed by atoms with Crippen molar-refractivity contribution in [2.75, 3.05) is 12.4 Å². The Kier molecular flexibility index (Phi) is 2.41. The normalized spacial score (nSPS) is 9.73. The fourth-order valence-electron chi connectivity index (χ4n) is 1.04. The third-order valence-electron chi connectivity index (χ3n) is 1.63. The molecule has 60 valence electrons. The fraction of sp³-hybridized carbons (Fsp3) is 0.375. The number of halogens is 1. The van der Waals surface area contributed by atoms with E-state index >= 15 is 0 Å². The Balaban J connectivity index is 3.13. The van der Waals surface area contributed by atoms with Crippen LogP contribution in [0.5, 0.6) is 0 Å². The Morgan fingerprint density at radius 2 is 2.27 bits per heavy atom. The minimum Gasteiger partial charge on any atom is -0.387 e. The smallest absolute Gasteiger partial charge is 0.146 e. The second-order valence-electron chi connectivity index (χ2n) is 2.25. The van der Waals surface area contributed by atoms with Crippen molar-refractivity contribution in [3.05, 3.63) is 23.8 Å². The van der Waals surface area contributed by atoms with Crippen LogP contribution in [0.25, 0.3) is 0 Å². The van der Waals surface area contributed by atoms with Gasteiger partial charge in [-0.3, -0.25) is 4.98 Å². The molecule has 0 saturated carbocycles. The highest BCUT2D eigenvalue weighted by Crippen LogP contribution is 2.16. The molecule has 0 aliphatic rings. The van der Waals surface area contributed by atoms with Crippen molar-refractivity contribution in [3.63, 3.8) is 0 Å². The molecule has 0 radical (unpaired) electrons. The Hall–Kier alpha value is -1.12. The summed E-state index contributed by atoms with van der Waals surface area (Å²) >= 11 is 0. The monoisotopic (exact) mass is 154 g/mol. The second kappa shape index (κ2) is 3.32. The van der Waals surface area contributed by atoms with Crippen LogP contribution in [0.2, 0.25) is 0 Å². The van der Waals surface area contributed by atoms with Crippen molar-refractivity contribution in [1.29, 1.82) is 0 Å². The van der Waals surface area contributed by atoms with E-state index in [4.69, 9.17) is 0 Å². The first kappa shape index (κ1) is 7.98. The molecule has 0 aliphatic heterocycles. The Morgan fingerprint density at radius 1 is 1.55 bits per heavy atom. The first-order valence-corrected chi connectivity index (χ1v) is 3.59. The highest BCUT2D eigenvalue weighted by molar-refractivity contribution is 5.48. The van der Waals surface area contributed by atoms with Gasteiger partial charge in [0.2, 0.25) is 0 Å². The second-order valence-corrected chi connectivity index (χ2v) is 2.25. The van der Waals surface area contributed by atoms with Crippen LogP contribution in [0.1, 0.15) is 12.5 Å². The van der Waals surface area contributed by atoms with Gasteiger partial charge in [-0.15, -0.1) is 0 Å². The molecule has 0 spiro atoms. The predicted molar refractivity (Wildman–Crippen MR) is 43.1 cm³/mol. The van der Waals surface area contributed by atoms with Gasteiger partial charge in [0.25, 0.3) is 0 Å². The zero-order valence-corrected chi connectivity index (χ0v) is 6.69. The first-order chi connectivity index (χ1) is 5.29. The third kappa shape index (κ3) is 1.48. The zero-order chi connectivity index (χ0) is 8.27. The lowest BCUT2D eigenvalue weighted by Crippen LogP contribution is -1.98. The average molecular weight is 154 g/mol. The summed E-state index contributed by atoms with van der Waals surface area (Å²) in [6, 6.07) is 0. The van der Waals surface area contributed by atoms with Crippen molar-refractivity contribution in [2.45, 2.75) is 13.3 Å². The lowest BCUT2D eigenvalue weighted by Gasteiger charge is -2.05. The molecule has 11 heavy (non-hydrogen) atoms. The van der Waals surface area contributed by atoms with Crippen LogP contribution in [-0.2, 0) is 6.42 Å². The van der Waals surface area contributed by atoms with E-state index in [1.165, 1.54) is 6.20 Å². The van der Waals surface area contributed by atoms with Crippen molar-refractivity contribution in [3.8, 4) is 0 Å². The maximum absolute atomic E-state index is 12.9. The van der Waals surface area contributed by atoms with Gasteiger partial charge in [-0.1, -0.05) is 6.92 Å². The predicted octanol–water partition coefficient (Wildman–Crippen LogP) is 1.82. The summed E-state index contributed by atoms with van der Waals surface area (Å²) in [5, 5.41) is 2.88. The molecular formula is C8H11FN2. The lowest BCUT2D eigenvalue weighted by atomic mass is 10.2. The molecule has 3 heteroatoms. The lowest BCUT2D eigenvalue weighted by molar-refractivity contribution is 0.606. The molecule has 0 aromatic carbocycles. The van der Waals surface area contributed by atoms with Gasteiger partial charge in [-0.2, -0.15) is 0 Å². The van der Waals surface area contributed by atoms with Crippen LogP contribution in [0.4, 0.5) is 10.1 Å². The molecule has 0 aliphatic carbocycles. The number of pyridine rings is 1. The zero-order valence-electron chi connectivity index (χ0n) is 6.69. The number of nitrogens with one attached hydrogen (secondary N) is 1. The van der Waals surface area contributed by atoms with E-state index in [9.17, 15) is 4.39 Å². The number of hydrogen-bond acceptors (Lipinski definition) is 2. The largest absolute Gasteiger partial charge is 0.387 e. The molecule has 0 amide bonds. The van der Waals surface area contributed by atoms with E-state index in [0.717, 1.165) is 5.69 Å². The SMILES string of the molecule is CCc1c(F)cncc1NC. The molecule has 0 atom stereocenters. The summed E-state index contributed by atoms with van der Waals surface area (Å²) < 4.78 is 12.9. The van der Waals surface area contributed by atoms with E-state index in [2.05, 4.69) is 10.3 Å². The number of rotatable bonds is 2. The number of aromatic nitrogens is 1. The summed E-state index contributed by atoms with van der Waals surface area (Å²) in [4.78, 5) is 3.73. The quantitative estimate of drug-likeness (QED) is 0.702. The summed E-state index contributed by atoms with van der Waals surface area (Å²) in [6.45, 7) is 1.92. The summed E-state index contributed by atoms with van der Waals surface area (Å²) in [7, 11) is 1.76. The van der Waals surface area contributed by atoms with Crippen molar-refractivity contribution >= 4 is 5.69 Å². The summed E-state index contributed by atoms with van der Waals surface area (Å²) in [6.07, 6.45) is 3.55. The van der Waals surface area contributed by atoms with E-state index in [1.807, 2.05) is 6.92 Å². The maximum Gasteiger partial charge on any atom is 0.146 e. The van der Waals surface area contributed by atoms with Gasteiger partial charge < -0.3 is 5.32 Å². The van der Waals surface area contributed by atoms with Gasteiger partial charge in [-0.25, -0.2) is 4.39 Å². The van der Waals surface area contributed by atoms with Crippen LogP contribution in [0.15, 0.2) is 12.4 Å². The van der Waals surface area contributed by atoms with E-state index in [-0.39, 0.29) is 5.82 Å². The summed E-state index contributed by atoms with van der Waals surface area (Å²) in [5.74, 6) is -0.237. The Morgan fingerprint density at radius 3 is 2.73 bits per heavy atom. The van der Waals surface area contributed by atoms with Crippen LogP contribution < -0.4 is 5.32 Å². The van der Waals surface area contributed by atoms with Crippen molar-refractivity contribution < 1.29 is 4.39 Å². The minimum atomic E-state index is -0.237. The number of nitrogens with zero attached hydrogens (tertiary/aromatic N) is 1. The molecular weight excluding hydrogens is 143 g/mol. The molecule has 1 aromatic heterocycles. The average Bonchev–Trinajstić information content (AvgIpc) is 2.04. The summed E-state index contributed by atoms with van der Waals surface area (Å²) in [5.41, 5.74) is 1.47. The van der Waals surface area contributed by atoms with Crippen LogP contribution >= 0.6 is 0 Å². The van der Waals surface area contributed by atoms with E-state index in [1.54, 1.807) is 13.2 Å². The Labute approximate surface area is 65.5 Å². The molecule has 0 unspecified atom stereocenters. The molecule has 0 saturated heterocycles. The highest BCUT2D eigenvalue weighted by Gasteiger charge is 2.04. The van der Waals surface area contributed by atoms with Crippen molar-refractivity contribution in [2.24, 2.45) is 0 Å². The highest BCUT2D eigenvalue weighted by atomic mass is 19.1.